The molecule has 1 nitrogen and oxygen atoms in total. The first-order valence-corrected chi connectivity index (χ1v) is 4.65. The summed E-state index contributed by atoms with van der Waals surface area (Å²) in [5.41, 5.74) is 3.42. The van der Waals surface area contributed by atoms with E-state index in [-0.39, 0.29) is 20.4 Å². The number of hydrogen-bond acceptors (Lipinski definition) is 1. The minimum Gasteiger partial charge on any atom is -0.426 e. The van der Waals surface area contributed by atoms with Crippen molar-refractivity contribution in [3.05, 3.63) is 54.6 Å². The third-order valence-corrected chi connectivity index (χ3v) is 2.19. The smallest absolute Gasteiger partial charge is 0 e. The molecule has 1 N–H and O–H groups in total. The monoisotopic (exact) mass is 288 g/mol. The summed E-state index contributed by atoms with van der Waals surface area (Å²) in [6, 6.07) is 19.5. The van der Waals surface area contributed by atoms with Gasteiger partial charge in [-0.2, -0.15) is 0 Å². The Kier molecular flexibility index (Phi) is 4.55. The minimum atomic E-state index is 0. The molecule has 0 saturated heterocycles. The normalized spacial score (nSPS) is 9.13. The van der Waals surface area contributed by atoms with Crippen molar-refractivity contribution in [3.63, 3.8) is 0 Å². The zero-order valence-corrected chi connectivity index (χ0v) is 9.99. The quantitative estimate of drug-likeness (QED) is 0.661. The molecule has 0 amide bonds. The second kappa shape index (κ2) is 5.70. The minimum absolute atomic E-state index is 0. The van der Waals surface area contributed by atoms with Gasteiger partial charge in [-0.1, -0.05) is 35.9 Å². The third kappa shape index (κ3) is 2.68. The summed E-state index contributed by atoms with van der Waals surface area (Å²) >= 11 is 0. The summed E-state index contributed by atoms with van der Waals surface area (Å²) < 4.78 is 0. The van der Waals surface area contributed by atoms with E-state index in [4.69, 9.17) is 0 Å². The average Bonchev–Trinajstić information content (AvgIpc) is 2.30. The predicted molar refractivity (Wildman–Crippen MR) is 60.3 cm³/mol. The predicted octanol–water partition coefficient (Wildman–Crippen LogP) is 3.19. The molecule has 0 aliphatic heterocycles. The van der Waals surface area contributed by atoms with Gasteiger partial charge < -0.3 is 5.32 Å². The maximum absolute atomic E-state index is 3.24. The molecule has 0 aromatic heterocycles. The van der Waals surface area contributed by atoms with E-state index in [1.807, 2.05) is 37.4 Å². The van der Waals surface area contributed by atoms with E-state index < -0.39 is 0 Å². The fourth-order valence-electron chi connectivity index (χ4n) is 1.49. The number of benzene rings is 2. The second-order valence-corrected chi connectivity index (χ2v) is 3.07. The van der Waals surface area contributed by atoms with Crippen LogP contribution in [0.5, 0.6) is 0 Å². The first-order valence-electron chi connectivity index (χ1n) is 4.65. The molecule has 0 atom stereocenters. The van der Waals surface area contributed by atoms with Crippen LogP contribution in [0.2, 0.25) is 0 Å². The van der Waals surface area contributed by atoms with Crippen LogP contribution in [-0.2, 0) is 20.4 Å². The Balaban J connectivity index is 0.00000112. The van der Waals surface area contributed by atoms with Crippen LogP contribution in [0.3, 0.4) is 0 Å². The molecule has 0 aliphatic rings. The summed E-state index contributed by atoms with van der Waals surface area (Å²) in [7, 11) is 1.93. The molecule has 0 fully saturated rings. The summed E-state index contributed by atoms with van der Waals surface area (Å²) in [5, 5.41) is 3.16. The molecule has 0 unspecified atom stereocenters. The fourth-order valence-corrected chi connectivity index (χ4v) is 1.49. The van der Waals surface area contributed by atoms with Gasteiger partial charge in [0.15, 0.2) is 0 Å². The van der Waals surface area contributed by atoms with Gasteiger partial charge in [-0.25, -0.2) is 0 Å². The van der Waals surface area contributed by atoms with Gasteiger partial charge >= 0.3 is 0 Å². The fraction of sp³-hybridized carbons (Fsp3) is 0.0769. The van der Waals surface area contributed by atoms with Crippen molar-refractivity contribution in [1.82, 2.24) is 0 Å². The molecule has 2 heteroatoms. The van der Waals surface area contributed by atoms with Gasteiger partial charge in [0, 0.05) is 20.4 Å². The van der Waals surface area contributed by atoms with E-state index in [1.54, 1.807) is 0 Å². The number of anilines is 1. The van der Waals surface area contributed by atoms with E-state index in [2.05, 4.69) is 29.6 Å². The van der Waals surface area contributed by atoms with E-state index in [9.17, 15) is 0 Å². The van der Waals surface area contributed by atoms with Gasteiger partial charge in [-0.05, 0) is 12.7 Å². The molecule has 0 radical (unpaired) electrons. The molecular weight excluding hydrogens is 277 g/mol. The molecule has 0 heterocycles. The van der Waals surface area contributed by atoms with Crippen molar-refractivity contribution in [1.29, 1.82) is 0 Å². The molecular formula is C13H12NPd-. The number of nitrogens with one attached hydrogen (secondary N) is 1. The van der Waals surface area contributed by atoms with Gasteiger partial charge in [-0.3, -0.25) is 0 Å². The van der Waals surface area contributed by atoms with Crippen LogP contribution in [-0.4, -0.2) is 7.05 Å². The molecule has 15 heavy (non-hydrogen) atoms. The zero-order valence-electron chi connectivity index (χ0n) is 8.44. The van der Waals surface area contributed by atoms with Crippen LogP contribution in [0.25, 0.3) is 11.1 Å². The number of hydrogen-bond donors (Lipinski definition) is 1. The van der Waals surface area contributed by atoms with Gasteiger partial charge in [0.05, 0.1) is 0 Å². The Hall–Kier alpha value is -1.10. The van der Waals surface area contributed by atoms with Crippen molar-refractivity contribution >= 4 is 5.69 Å². The van der Waals surface area contributed by atoms with Crippen LogP contribution in [0.4, 0.5) is 5.69 Å². The van der Waals surface area contributed by atoms with Crippen LogP contribution >= 0.6 is 0 Å². The summed E-state index contributed by atoms with van der Waals surface area (Å²) in [4.78, 5) is 0. The molecule has 0 spiro atoms. The van der Waals surface area contributed by atoms with E-state index in [0.717, 1.165) is 11.3 Å². The van der Waals surface area contributed by atoms with E-state index >= 15 is 0 Å². The Labute approximate surface area is 104 Å². The van der Waals surface area contributed by atoms with Crippen molar-refractivity contribution in [3.8, 4) is 11.1 Å². The van der Waals surface area contributed by atoms with Crippen molar-refractivity contribution in [2.45, 2.75) is 0 Å². The van der Waals surface area contributed by atoms with Crippen molar-refractivity contribution in [2.75, 3.05) is 12.4 Å². The molecule has 2 rings (SSSR count). The maximum atomic E-state index is 3.24. The summed E-state index contributed by atoms with van der Waals surface area (Å²) in [6.07, 6.45) is 0. The van der Waals surface area contributed by atoms with Crippen LogP contribution in [0.1, 0.15) is 0 Å². The van der Waals surface area contributed by atoms with Gasteiger partial charge in [0.1, 0.15) is 0 Å². The van der Waals surface area contributed by atoms with E-state index in [0.29, 0.717) is 0 Å². The van der Waals surface area contributed by atoms with Gasteiger partial charge in [0.25, 0.3) is 0 Å². The third-order valence-electron chi connectivity index (χ3n) is 2.19. The Bertz CT molecular complexity index is 412. The van der Waals surface area contributed by atoms with Crippen LogP contribution < -0.4 is 5.32 Å². The SMILES string of the molecule is CNc1ccc[c-]c1-c1ccccc1.[Pd]. The number of rotatable bonds is 2. The second-order valence-electron chi connectivity index (χ2n) is 3.07. The van der Waals surface area contributed by atoms with Gasteiger partial charge in [0.2, 0.25) is 0 Å². The van der Waals surface area contributed by atoms with Crippen LogP contribution in [0, 0.1) is 6.07 Å². The topological polar surface area (TPSA) is 12.0 Å². The molecule has 80 valence electrons. The van der Waals surface area contributed by atoms with E-state index in [1.165, 1.54) is 5.56 Å². The molecule has 2 aromatic rings. The molecule has 2 aromatic carbocycles. The largest absolute Gasteiger partial charge is 0.426 e. The average molecular weight is 289 g/mol. The molecule has 0 saturated carbocycles. The van der Waals surface area contributed by atoms with Crippen LogP contribution in [0.15, 0.2) is 48.5 Å². The zero-order chi connectivity index (χ0) is 9.80. The Morgan fingerprint density at radius 2 is 1.73 bits per heavy atom. The molecule has 0 aliphatic carbocycles. The summed E-state index contributed by atoms with van der Waals surface area (Å²) in [6.45, 7) is 0. The Morgan fingerprint density at radius 3 is 2.40 bits per heavy atom. The first-order chi connectivity index (χ1) is 6.92. The van der Waals surface area contributed by atoms with Gasteiger partial charge in [-0.15, -0.1) is 29.8 Å². The van der Waals surface area contributed by atoms with Crippen molar-refractivity contribution in [2.24, 2.45) is 0 Å². The Morgan fingerprint density at radius 1 is 1.00 bits per heavy atom. The maximum Gasteiger partial charge on any atom is 0 e. The first kappa shape index (κ1) is 12.0. The standard InChI is InChI=1S/C13H12N.Pd/c1-14-13-10-6-5-9-12(13)11-7-3-2-4-8-11;/h2-8,10,14H,1H3;/q-1;. The molecule has 0 bridgehead atoms. The van der Waals surface area contributed by atoms with Crippen molar-refractivity contribution < 1.29 is 20.4 Å². The summed E-state index contributed by atoms with van der Waals surface area (Å²) in [5.74, 6) is 0.